The summed E-state index contributed by atoms with van der Waals surface area (Å²) in [6.45, 7) is 6.18. The third kappa shape index (κ3) is 4.87. The summed E-state index contributed by atoms with van der Waals surface area (Å²) in [5, 5.41) is 16.0. The molecule has 0 saturated carbocycles. The van der Waals surface area contributed by atoms with Crippen LogP contribution in [0.3, 0.4) is 0 Å². The maximum atomic E-state index is 11.9. The number of aryl methyl sites for hydroxylation is 1. The molecule has 1 rings (SSSR count). The molecule has 1 heterocycles. The first kappa shape index (κ1) is 15.4. The van der Waals surface area contributed by atoms with Crippen LogP contribution in [0.15, 0.2) is 18.3 Å². The maximum Gasteiger partial charge on any atom is 0.244 e. The molecular formula is C14H23N3O2. The smallest absolute Gasteiger partial charge is 0.244 e. The molecule has 0 fully saturated rings. The van der Waals surface area contributed by atoms with Crippen molar-refractivity contribution in [1.29, 1.82) is 0 Å². The van der Waals surface area contributed by atoms with E-state index in [1.54, 1.807) is 17.0 Å². The van der Waals surface area contributed by atoms with Crippen LogP contribution in [0.1, 0.15) is 32.9 Å². The van der Waals surface area contributed by atoms with E-state index in [0.29, 0.717) is 6.42 Å². The first-order valence-electron chi connectivity index (χ1n) is 6.42. The van der Waals surface area contributed by atoms with Gasteiger partial charge < -0.3 is 10.4 Å². The molecule has 106 valence electrons. The zero-order valence-electron chi connectivity index (χ0n) is 12.1. The van der Waals surface area contributed by atoms with Crippen molar-refractivity contribution in [3.63, 3.8) is 0 Å². The number of aromatic nitrogens is 2. The van der Waals surface area contributed by atoms with Gasteiger partial charge in [0.15, 0.2) is 0 Å². The molecule has 0 bridgehead atoms. The summed E-state index contributed by atoms with van der Waals surface area (Å²) < 4.78 is 1.69. The zero-order chi connectivity index (χ0) is 14.5. The fourth-order valence-electron chi connectivity index (χ4n) is 1.78. The van der Waals surface area contributed by atoms with E-state index >= 15 is 0 Å². The number of amides is 1. The van der Waals surface area contributed by atoms with Crippen molar-refractivity contribution < 1.29 is 9.90 Å². The van der Waals surface area contributed by atoms with Gasteiger partial charge in [-0.2, -0.15) is 5.10 Å². The lowest BCUT2D eigenvalue weighted by molar-refractivity contribution is -0.118. The van der Waals surface area contributed by atoms with Crippen molar-refractivity contribution in [1.82, 2.24) is 15.1 Å². The number of rotatable bonds is 5. The van der Waals surface area contributed by atoms with Crippen LogP contribution in [0, 0.1) is 5.41 Å². The summed E-state index contributed by atoms with van der Waals surface area (Å²) in [4.78, 5) is 11.9. The largest absolute Gasteiger partial charge is 0.396 e. The third-order valence-corrected chi connectivity index (χ3v) is 3.04. The highest BCUT2D eigenvalue weighted by Crippen LogP contribution is 2.21. The van der Waals surface area contributed by atoms with Crippen molar-refractivity contribution in [2.45, 2.75) is 33.2 Å². The fourth-order valence-corrected chi connectivity index (χ4v) is 1.78. The second-order valence-corrected chi connectivity index (χ2v) is 5.65. The van der Waals surface area contributed by atoms with E-state index in [9.17, 15) is 4.79 Å². The van der Waals surface area contributed by atoms with Crippen LogP contribution in [0.2, 0.25) is 0 Å². The van der Waals surface area contributed by atoms with E-state index in [1.165, 1.54) is 6.08 Å². The SMILES string of the molecule is Cn1nccc1/C=C/C(=O)NC(CCO)C(C)(C)C. The Kier molecular flexibility index (Phi) is 5.30. The summed E-state index contributed by atoms with van der Waals surface area (Å²) in [5.41, 5.74) is 0.781. The Morgan fingerprint density at radius 2 is 2.26 bits per heavy atom. The zero-order valence-corrected chi connectivity index (χ0v) is 12.1. The first-order valence-corrected chi connectivity index (χ1v) is 6.42. The highest BCUT2D eigenvalue weighted by molar-refractivity contribution is 5.91. The minimum atomic E-state index is -0.158. The number of aliphatic hydroxyl groups excluding tert-OH is 1. The minimum absolute atomic E-state index is 0.0545. The minimum Gasteiger partial charge on any atom is -0.396 e. The second-order valence-electron chi connectivity index (χ2n) is 5.65. The Balaban J connectivity index is 2.63. The van der Waals surface area contributed by atoms with E-state index in [2.05, 4.69) is 10.4 Å². The van der Waals surface area contributed by atoms with Crippen LogP contribution in [0.5, 0.6) is 0 Å². The Labute approximate surface area is 114 Å². The van der Waals surface area contributed by atoms with Crippen molar-refractivity contribution in [2.75, 3.05) is 6.61 Å². The highest BCUT2D eigenvalue weighted by Gasteiger charge is 2.24. The number of aliphatic hydroxyl groups is 1. The molecule has 0 aliphatic rings. The van der Waals surface area contributed by atoms with Crippen LogP contribution < -0.4 is 5.32 Å². The average Bonchev–Trinajstić information content (AvgIpc) is 2.70. The number of carbonyl (C=O) groups is 1. The lowest BCUT2D eigenvalue weighted by Gasteiger charge is -2.30. The number of hydrogen-bond acceptors (Lipinski definition) is 3. The third-order valence-electron chi connectivity index (χ3n) is 3.04. The van der Waals surface area contributed by atoms with Gasteiger partial charge in [-0.15, -0.1) is 0 Å². The lowest BCUT2D eigenvalue weighted by Crippen LogP contribution is -2.43. The van der Waals surface area contributed by atoms with E-state index in [-0.39, 0.29) is 24.0 Å². The van der Waals surface area contributed by atoms with Crippen molar-refractivity contribution in [3.8, 4) is 0 Å². The fraction of sp³-hybridized carbons (Fsp3) is 0.571. The normalized spacial score (nSPS) is 13.7. The predicted octanol–water partition coefficient (Wildman–Crippen LogP) is 1.35. The van der Waals surface area contributed by atoms with Crippen LogP contribution in [0.25, 0.3) is 6.08 Å². The molecule has 1 amide bonds. The molecule has 1 aromatic rings. The molecule has 5 nitrogen and oxygen atoms in total. The molecule has 5 heteroatoms. The summed E-state index contributed by atoms with van der Waals surface area (Å²) in [7, 11) is 1.82. The van der Waals surface area contributed by atoms with Gasteiger partial charge in [-0.3, -0.25) is 9.48 Å². The molecule has 0 radical (unpaired) electrons. The summed E-state index contributed by atoms with van der Waals surface area (Å²) in [5.74, 6) is -0.158. The van der Waals surface area contributed by atoms with Crippen LogP contribution in [0.4, 0.5) is 0 Å². The molecule has 0 saturated heterocycles. The standard InChI is InChI=1S/C14H23N3O2/c1-14(2,3)12(8-10-18)16-13(19)6-5-11-7-9-15-17(11)4/h5-7,9,12,18H,8,10H2,1-4H3,(H,16,19)/b6-5+. The van der Waals surface area contributed by atoms with Gasteiger partial charge in [0.25, 0.3) is 0 Å². The van der Waals surface area contributed by atoms with Gasteiger partial charge in [-0.1, -0.05) is 20.8 Å². The summed E-state index contributed by atoms with van der Waals surface area (Å²) >= 11 is 0. The Morgan fingerprint density at radius 1 is 1.58 bits per heavy atom. The second kappa shape index (κ2) is 6.52. The van der Waals surface area contributed by atoms with Crippen LogP contribution >= 0.6 is 0 Å². The van der Waals surface area contributed by atoms with E-state index in [0.717, 1.165) is 5.69 Å². The number of nitrogens with zero attached hydrogens (tertiary/aromatic N) is 2. The van der Waals surface area contributed by atoms with Crippen LogP contribution in [-0.4, -0.2) is 33.4 Å². The number of carbonyl (C=O) groups excluding carboxylic acids is 1. The quantitative estimate of drug-likeness (QED) is 0.790. The molecular weight excluding hydrogens is 242 g/mol. The van der Waals surface area contributed by atoms with Gasteiger partial charge >= 0.3 is 0 Å². The van der Waals surface area contributed by atoms with Gasteiger partial charge in [0, 0.05) is 32.0 Å². The van der Waals surface area contributed by atoms with Gasteiger partial charge in [-0.25, -0.2) is 0 Å². The number of hydrogen-bond donors (Lipinski definition) is 2. The van der Waals surface area contributed by atoms with E-state index in [1.807, 2.05) is 33.9 Å². The Morgan fingerprint density at radius 3 is 2.74 bits per heavy atom. The molecule has 0 aliphatic heterocycles. The highest BCUT2D eigenvalue weighted by atomic mass is 16.3. The Bertz CT molecular complexity index is 444. The molecule has 2 N–H and O–H groups in total. The maximum absolute atomic E-state index is 11.9. The average molecular weight is 265 g/mol. The summed E-state index contributed by atoms with van der Waals surface area (Å²) in [6.07, 6.45) is 5.45. The molecule has 0 spiro atoms. The van der Waals surface area contributed by atoms with E-state index in [4.69, 9.17) is 5.11 Å². The Hall–Kier alpha value is -1.62. The van der Waals surface area contributed by atoms with Gasteiger partial charge in [0.2, 0.25) is 5.91 Å². The lowest BCUT2D eigenvalue weighted by atomic mass is 9.85. The van der Waals surface area contributed by atoms with Gasteiger partial charge in [0.1, 0.15) is 0 Å². The monoisotopic (exact) mass is 265 g/mol. The van der Waals surface area contributed by atoms with Gasteiger partial charge in [-0.05, 0) is 24.0 Å². The molecule has 0 aromatic carbocycles. The van der Waals surface area contributed by atoms with E-state index < -0.39 is 0 Å². The van der Waals surface area contributed by atoms with Crippen molar-refractivity contribution >= 4 is 12.0 Å². The van der Waals surface area contributed by atoms with Crippen LogP contribution in [-0.2, 0) is 11.8 Å². The summed E-state index contributed by atoms with van der Waals surface area (Å²) in [6, 6.07) is 1.78. The topological polar surface area (TPSA) is 67.2 Å². The molecule has 19 heavy (non-hydrogen) atoms. The van der Waals surface area contributed by atoms with Crippen molar-refractivity contribution in [2.24, 2.45) is 12.5 Å². The molecule has 0 aliphatic carbocycles. The number of nitrogens with one attached hydrogen (secondary N) is 1. The first-order chi connectivity index (χ1) is 8.84. The molecule has 1 aromatic heterocycles. The molecule has 1 atom stereocenters. The van der Waals surface area contributed by atoms with Crippen molar-refractivity contribution in [3.05, 3.63) is 24.0 Å². The molecule has 1 unspecified atom stereocenters. The predicted molar refractivity (Wildman–Crippen MR) is 75.3 cm³/mol. The van der Waals surface area contributed by atoms with Gasteiger partial charge in [0.05, 0.1) is 5.69 Å².